The van der Waals surface area contributed by atoms with Gasteiger partial charge in [0.2, 0.25) is 0 Å². The number of rotatable bonds is 1. The second-order valence-corrected chi connectivity index (χ2v) is 3.64. The van der Waals surface area contributed by atoms with E-state index in [1.165, 1.54) is 17.4 Å². The molecule has 0 saturated heterocycles. The first-order valence-corrected chi connectivity index (χ1v) is 4.89. The van der Waals surface area contributed by atoms with Crippen LogP contribution in [-0.4, -0.2) is 4.98 Å². The summed E-state index contributed by atoms with van der Waals surface area (Å²) >= 11 is 1.22. The van der Waals surface area contributed by atoms with E-state index in [0.29, 0.717) is 10.6 Å². The van der Waals surface area contributed by atoms with E-state index in [4.69, 9.17) is 5.26 Å². The summed E-state index contributed by atoms with van der Waals surface area (Å²) in [5, 5.41) is 10.6. The van der Waals surface area contributed by atoms with Gasteiger partial charge in [0.15, 0.2) is 17.3 Å². The molecule has 74 valence electrons. The van der Waals surface area contributed by atoms with Crippen molar-refractivity contribution in [3.05, 3.63) is 40.9 Å². The largest absolute Gasteiger partial charge is 0.225 e. The van der Waals surface area contributed by atoms with Crippen LogP contribution in [0.15, 0.2) is 23.6 Å². The maximum atomic E-state index is 12.9. The molecular formula is C10H4F2N2S. The van der Waals surface area contributed by atoms with Gasteiger partial charge in [-0.05, 0) is 18.2 Å². The molecular weight excluding hydrogens is 218 g/mol. The number of hydrogen-bond acceptors (Lipinski definition) is 3. The van der Waals surface area contributed by atoms with Crippen LogP contribution in [0.3, 0.4) is 0 Å². The zero-order valence-corrected chi connectivity index (χ0v) is 8.18. The van der Waals surface area contributed by atoms with Crippen LogP contribution in [0, 0.1) is 23.0 Å². The van der Waals surface area contributed by atoms with Crippen LogP contribution in [0.4, 0.5) is 8.78 Å². The summed E-state index contributed by atoms with van der Waals surface area (Å²) in [6.07, 6.45) is 0. The van der Waals surface area contributed by atoms with Gasteiger partial charge in [-0.15, -0.1) is 11.3 Å². The highest BCUT2D eigenvalue weighted by Gasteiger charge is 2.07. The predicted molar refractivity (Wildman–Crippen MR) is 52.2 cm³/mol. The Kier molecular flexibility index (Phi) is 2.44. The van der Waals surface area contributed by atoms with Gasteiger partial charge in [-0.3, -0.25) is 0 Å². The topological polar surface area (TPSA) is 36.7 Å². The van der Waals surface area contributed by atoms with Crippen LogP contribution >= 0.6 is 11.3 Å². The molecule has 0 unspecified atom stereocenters. The Morgan fingerprint density at radius 3 is 2.67 bits per heavy atom. The molecule has 2 nitrogen and oxygen atoms in total. The minimum absolute atomic E-state index is 0.278. The summed E-state index contributed by atoms with van der Waals surface area (Å²) in [6.45, 7) is 0. The van der Waals surface area contributed by atoms with E-state index in [0.717, 1.165) is 12.1 Å². The maximum absolute atomic E-state index is 12.9. The van der Waals surface area contributed by atoms with Crippen LogP contribution < -0.4 is 0 Å². The zero-order chi connectivity index (χ0) is 10.8. The van der Waals surface area contributed by atoms with Crippen molar-refractivity contribution in [1.29, 1.82) is 5.26 Å². The van der Waals surface area contributed by atoms with Gasteiger partial charge >= 0.3 is 0 Å². The lowest BCUT2D eigenvalue weighted by Gasteiger charge is -1.96. The number of nitrogens with zero attached hydrogens (tertiary/aromatic N) is 2. The molecule has 0 aliphatic rings. The van der Waals surface area contributed by atoms with Gasteiger partial charge in [0.1, 0.15) is 11.1 Å². The van der Waals surface area contributed by atoms with Gasteiger partial charge in [-0.1, -0.05) is 0 Å². The first-order valence-electron chi connectivity index (χ1n) is 4.02. The van der Waals surface area contributed by atoms with Gasteiger partial charge in [0.25, 0.3) is 0 Å². The Morgan fingerprint density at radius 1 is 1.27 bits per heavy atom. The van der Waals surface area contributed by atoms with Crippen molar-refractivity contribution in [3.8, 4) is 16.6 Å². The Balaban J connectivity index is 2.46. The highest BCUT2D eigenvalue weighted by atomic mass is 32.1. The van der Waals surface area contributed by atoms with Crippen molar-refractivity contribution >= 4 is 11.3 Å². The first-order chi connectivity index (χ1) is 7.20. The molecule has 0 saturated carbocycles. The average molecular weight is 222 g/mol. The first kappa shape index (κ1) is 9.74. The second-order valence-electron chi connectivity index (χ2n) is 2.78. The number of hydrogen-bond donors (Lipinski definition) is 0. The van der Waals surface area contributed by atoms with Crippen molar-refractivity contribution in [3.63, 3.8) is 0 Å². The van der Waals surface area contributed by atoms with E-state index in [9.17, 15) is 8.78 Å². The lowest BCUT2D eigenvalue weighted by atomic mass is 10.2. The number of benzene rings is 1. The second kappa shape index (κ2) is 3.75. The van der Waals surface area contributed by atoms with Crippen molar-refractivity contribution in [2.45, 2.75) is 0 Å². The Morgan fingerprint density at radius 2 is 2.07 bits per heavy atom. The SMILES string of the molecule is N#Cc1csc(-c2ccc(F)c(F)c2)n1. The summed E-state index contributed by atoms with van der Waals surface area (Å²) in [4.78, 5) is 3.94. The fourth-order valence-corrected chi connectivity index (χ4v) is 1.83. The smallest absolute Gasteiger partial charge is 0.159 e. The Labute approximate surface area is 88.4 Å². The van der Waals surface area contributed by atoms with Gasteiger partial charge in [-0.2, -0.15) is 5.26 Å². The van der Waals surface area contributed by atoms with Gasteiger partial charge in [-0.25, -0.2) is 13.8 Å². The molecule has 0 spiro atoms. The lowest BCUT2D eigenvalue weighted by Crippen LogP contribution is -1.85. The minimum Gasteiger partial charge on any atom is -0.225 e. The third-order valence-corrected chi connectivity index (χ3v) is 2.68. The van der Waals surface area contributed by atoms with Crippen molar-refractivity contribution in [2.24, 2.45) is 0 Å². The summed E-state index contributed by atoms with van der Waals surface area (Å²) in [6, 6.07) is 5.41. The fraction of sp³-hybridized carbons (Fsp3) is 0. The lowest BCUT2D eigenvalue weighted by molar-refractivity contribution is 0.509. The van der Waals surface area contributed by atoms with E-state index in [2.05, 4.69) is 4.98 Å². The summed E-state index contributed by atoms with van der Waals surface area (Å²) < 4.78 is 25.5. The van der Waals surface area contributed by atoms with Crippen LogP contribution in [0.25, 0.3) is 10.6 Å². The number of thiazole rings is 1. The molecule has 1 heterocycles. The van der Waals surface area contributed by atoms with Gasteiger partial charge in [0.05, 0.1) is 0 Å². The van der Waals surface area contributed by atoms with E-state index >= 15 is 0 Å². The van der Waals surface area contributed by atoms with Crippen LogP contribution in [-0.2, 0) is 0 Å². The van der Waals surface area contributed by atoms with Crippen molar-refractivity contribution < 1.29 is 8.78 Å². The molecule has 0 radical (unpaired) electrons. The molecule has 0 N–H and O–H groups in total. The van der Waals surface area contributed by atoms with Gasteiger partial charge in [0, 0.05) is 10.9 Å². The third kappa shape index (κ3) is 1.85. The average Bonchev–Trinajstić information content (AvgIpc) is 2.70. The molecule has 0 bridgehead atoms. The molecule has 0 amide bonds. The number of nitriles is 1. The predicted octanol–water partition coefficient (Wildman–Crippen LogP) is 2.96. The molecule has 0 aliphatic heterocycles. The Bertz CT molecular complexity index is 543. The highest BCUT2D eigenvalue weighted by molar-refractivity contribution is 7.13. The van der Waals surface area contributed by atoms with Crippen molar-refractivity contribution in [2.75, 3.05) is 0 Å². The normalized spacial score (nSPS) is 9.93. The summed E-state index contributed by atoms with van der Waals surface area (Å²) in [5.41, 5.74) is 0.750. The Hall–Kier alpha value is -1.80. The van der Waals surface area contributed by atoms with Crippen LogP contribution in [0.1, 0.15) is 5.69 Å². The monoisotopic (exact) mass is 222 g/mol. The van der Waals surface area contributed by atoms with E-state index in [-0.39, 0.29) is 5.69 Å². The van der Waals surface area contributed by atoms with Crippen molar-refractivity contribution in [1.82, 2.24) is 4.98 Å². The fourth-order valence-electron chi connectivity index (χ4n) is 1.09. The molecule has 2 rings (SSSR count). The third-order valence-electron chi connectivity index (χ3n) is 1.79. The number of aromatic nitrogens is 1. The van der Waals surface area contributed by atoms with Crippen LogP contribution in [0.2, 0.25) is 0 Å². The van der Waals surface area contributed by atoms with E-state index < -0.39 is 11.6 Å². The molecule has 0 aliphatic carbocycles. The molecule has 1 aromatic carbocycles. The van der Waals surface area contributed by atoms with E-state index in [1.54, 1.807) is 5.38 Å². The standard InChI is InChI=1S/C10H4F2N2S/c11-8-2-1-6(3-9(8)12)10-14-7(4-13)5-15-10/h1-3,5H. The summed E-state index contributed by atoms with van der Waals surface area (Å²) in [5.74, 6) is -1.81. The molecule has 2 aromatic rings. The molecule has 15 heavy (non-hydrogen) atoms. The highest BCUT2D eigenvalue weighted by Crippen LogP contribution is 2.24. The van der Waals surface area contributed by atoms with Gasteiger partial charge < -0.3 is 0 Å². The quantitative estimate of drug-likeness (QED) is 0.743. The molecule has 0 atom stereocenters. The molecule has 5 heteroatoms. The van der Waals surface area contributed by atoms with Crippen LogP contribution in [0.5, 0.6) is 0 Å². The number of halogens is 2. The summed E-state index contributed by atoms with van der Waals surface area (Å²) in [7, 11) is 0. The zero-order valence-electron chi connectivity index (χ0n) is 7.37. The molecule has 1 aromatic heterocycles. The van der Waals surface area contributed by atoms with E-state index in [1.807, 2.05) is 6.07 Å². The molecule has 0 fully saturated rings. The maximum Gasteiger partial charge on any atom is 0.159 e. The minimum atomic E-state index is -0.916.